The SMILES string of the molecule is Cc1ccc(CN(C(=O)CN(c2ccc(Br)cc2)S(=O)(=O)c2ccc(C)cc2)C(Cc2ccccc2)C(=O)NC2CCCC2)cc1. The number of benzene rings is 4. The molecular formula is C37H40BrN3O4S. The average Bonchev–Trinajstić information content (AvgIpc) is 3.56. The highest BCUT2D eigenvalue weighted by Crippen LogP contribution is 2.27. The smallest absolute Gasteiger partial charge is 0.264 e. The Morgan fingerprint density at radius 1 is 0.804 bits per heavy atom. The first-order chi connectivity index (χ1) is 22.1. The lowest BCUT2D eigenvalue weighted by molar-refractivity contribution is -0.140. The molecular weight excluding hydrogens is 662 g/mol. The molecule has 0 heterocycles. The molecule has 7 nitrogen and oxygen atoms in total. The number of aryl methyl sites for hydroxylation is 2. The molecule has 1 aliphatic rings. The molecule has 9 heteroatoms. The molecule has 0 spiro atoms. The number of nitrogens with zero attached hydrogens (tertiary/aromatic N) is 2. The van der Waals surface area contributed by atoms with E-state index in [1.807, 2.05) is 68.4 Å². The molecule has 1 unspecified atom stereocenters. The Bertz CT molecular complexity index is 1720. The van der Waals surface area contributed by atoms with E-state index in [0.29, 0.717) is 12.1 Å². The maximum Gasteiger partial charge on any atom is 0.264 e. The minimum absolute atomic E-state index is 0.0586. The Balaban J connectivity index is 1.55. The molecule has 0 aromatic heterocycles. The van der Waals surface area contributed by atoms with Crippen LogP contribution >= 0.6 is 15.9 Å². The van der Waals surface area contributed by atoms with Crippen molar-refractivity contribution in [1.82, 2.24) is 10.2 Å². The molecule has 1 saturated carbocycles. The van der Waals surface area contributed by atoms with E-state index in [-0.39, 0.29) is 23.4 Å². The van der Waals surface area contributed by atoms with Crippen molar-refractivity contribution in [2.75, 3.05) is 10.8 Å². The average molecular weight is 703 g/mol. The largest absolute Gasteiger partial charge is 0.352 e. The number of anilines is 1. The predicted molar refractivity (Wildman–Crippen MR) is 186 cm³/mol. The highest BCUT2D eigenvalue weighted by Gasteiger charge is 2.35. The fraction of sp³-hybridized carbons (Fsp3) is 0.297. The van der Waals surface area contributed by atoms with E-state index in [9.17, 15) is 18.0 Å². The Kier molecular flexibility index (Phi) is 11.0. The minimum Gasteiger partial charge on any atom is -0.352 e. The Morgan fingerprint density at radius 3 is 2.00 bits per heavy atom. The van der Waals surface area contributed by atoms with Gasteiger partial charge in [0.15, 0.2) is 0 Å². The van der Waals surface area contributed by atoms with Gasteiger partial charge >= 0.3 is 0 Å². The maximum absolute atomic E-state index is 14.6. The molecule has 4 aromatic carbocycles. The molecule has 46 heavy (non-hydrogen) atoms. The van der Waals surface area contributed by atoms with Gasteiger partial charge in [-0.2, -0.15) is 0 Å². The number of hydrogen-bond donors (Lipinski definition) is 1. The monoisotopic (exact) mass is 701 g/mol. The fourth-order valence-electron chi connectivity index (χ4n) is 5.79. The Hall–Kier alpha value is -3.95. The highest BCUT2D eigenvalue weighted by molar-refractivity contribution is 9.10. The van der Waals surface area contributed by atoms with E-state index in [1.165, 1.54) is 0 Å². The summed E-state index contributed by atoms with van der Waals surface area (Å²) in [5, 5.41) is 3.21. The van der Waals surface area contributed by atoms with Crippen LogP contribution in [0.25, 0.3) is 0 Å². The van der Waals surface area contributed by atoms with Gasteiger partial charge in [-0.25, -0.2) is 8.42 Å². The summed E-state index contributed by atoms with van der Waals surface area (Å²) < 4.78 is 30.3. The van der Waals surface area contributed by atoms with Crippen molar-refractivity contribution in [3.8, 4) is 0 Å². The Morgan fingerprint density at radius 2 is 1.39 bits per heavy atom. The lowest BCUT2D eigenvalue weighted by Gasteiger charge is -2.34. The third-order valence-electron chi connectivity index (χ3n) is 8.45. The number of hydrogen-bond acceptors (Lipinski definition) is 4. The number of rotatable bonds is 12. The molecule has 1 atom stereocenters. The number of nitrogens with one attached hydrogen (secondary N) is 1. The summed E-state index contributed by atoms with van der Waals surface area (Å²) in [6, 6.07) is 30.1. The molecule has 5 rings (SSSR count). The van der Waals surface area contributed by atoms with Gasteiger partial charge in [0.25, 0.3) is 10.0 Å². The first kappa shape index (κ1) is 33.4. The van der Waals surface area contributed by atoms with Crippen molar-refractivity contribution in [3.63, 3.8) is 0 Å². The van der Waals surface area contributed by atoms with Gasteiger partial charge in [0.2, 0.25) is 11.8 Å². The molecule has 1 fully saturated rings. The summed E-state index contributed by atoms with van der Waals surface area (Å²) in [4.78, 5) is 30.3. The van der Waals surface area contributed by atoms with Crippen molar-refractivity contribution in [3.05, 3.63) is 130 Å². The van der Waals surface area contributed by atoms with Crippen molar-refractivity contribution in [1.29, 1.82) is 0 Å². The van der Waals surface area contributed by atoms with Crippen LogP contribution in [0.3, 0.4) is 0 Å². The van der Waals surface area contributed by atoms with Crippen LogP contribution in [-0.2, 0) is 32.6 Å². The number of carbonyl (C=O) groups is 2. The molecule has 1 aliphatic carbocycles. The van der Waals surface area contributed by atoms with Gasteiger partial charge in [0.05, 0.1) is 10.6 Å². The van der Waals surface area contributed by atoms with Crippen molar-refractivity contribution < 1.29 is 18.0 Å². The lowest BCUT2D eigenvalue weighted by Crippen LogP contribution is -2.54. The second-order valence-electron chi connectivity index (χ2n) is 12.0. The first-order valence-electron chi connectivity index (χ1n) is 15.6. The molecule has 0 bridgehead atoms. The molecule has 2 amide bonds. The van der Waals surface area contributed by atoms with E-state index in [0.717, 1.165) is 56.7 Å². The number of halogens is 1. The van der Waals surface area contributed by atoms with E-state index in [1.54, 1.807) is 53.4 Å². The van der Waals surface area contributed by atoms with Gasteiger partial charge in [-0.1, -0.05) is 107 Å². The van der Waals surface area contributed by atoms with Gasteiger partial charge in [-0.05, 0) is 74.2 Å². The van der Waals surface area contributed by atoms with E-state index in [4.69, 9.17) is 0 Å². The van der Waals surface area contributed by atoms with Crippen molar-refractivity contribution in [2.24, 2.45) is 0 Å². The zero-order valence-electron chi connectivity index (χ0n) is 26.2. The first-order valence-corrected chi connectivity index (χ1v) is 17.9. The van der Waals surface area contributed by atoms with Crippen LogP contribution in [0.5, 0.6) is 0 Å². The zero-order chi connectivity index (χ0) is 32.7. The van der Waals surface area contributed by atoms with Crippen molar-refractivity contribution >= 4 is 43.5 Å². The second-order valence-corrected chi connectivity index (χ2v) is 14.8. The predicted octanol–water partition coefficient (Wildman–Crippen LogP) is 6.96. The van der Waals surface area contributed by atoms with Crippen LogP contribution in [0.15, 0.2) is 112 Å². The fourth-order valence-corrected chi connectivity index (χ4v) is 7.46. The standard InChI is InChI=1S/C37H40BrN3O4S/c1-27-12-16-30(17-13-27)25-40(35(24-29-8-4-3-5-9-29)37(43)39-32-10-6-7-11-32)36(42)26-41(33-20-18-31(38)19-21-33)46(44,45)34-22-14-28(2)15-23-34/h3-5,8-9,12-23,32,35H,6-7,10-11,24-26H2,1-2H3,(H,39,43). The zero-order valence-corrected chi connectivity index (χ0v) is 28.6. The van der Waals surface area contributed by atoms with Crippen LogP contribution in [-0.4, -0.2) is 43.8 Å². The summed E-state index contributed by atoms with van der Waals surface area (Å²) in [6.45, 7) is 3.55. The number of carbonyl (C=O) groups excluding carboxylic acids is 2. The van der Waals surface area contributed by atoms with Gasteiger partial charge in [0.1, 0.15) is 12.6 Å². The quantitative estimate of drug-likeness (QED) is 0.173. The minimum atomic E-state index is -4.14. The van der Waals surface area contributed by atoms with Crippen LogP contribution in [0.2, 0.25) is 0 Å². The molecule has 0 aliphatic heterocycles. The summed E-state index contributed by atoms with van der Waals surface area (Å²) in [6.07, 6.45) is 4.21. The van der Waals surface area contributed by atoms with Gasteiger partial charge in [-0.3, -0.25) is 13.9 Å². The number of sulfonamides is 1. The van der Waals surface area contributed by atoms with Gasteiger partial charge < -0.3 is 10.2 Å². The van der Waals surface area contributed by atoms with Crippen LogP contribution in [0.1, 0.15) is 47.9 Å². The molecule has 1 N–H and O–H groups in total. The van der Waals surface area contributed by atoms with E-state index in [2.05, 4.69) is 21.2 Å². The molecule has 0 saturated heterocycles. The van der Waals surface area contributed by atoms with Gasteiger partial charge in [0, 0.05) is 23.5 Å². The summed E-state index contributed by atoms with van der Waals surface area (Å²) >= 11 is 3.43. The summed E-state index contributed by atoms with van der Waals surface area (Å²) in [5.41, 5.74) is 4.11. The van der Waals surface area contributed by atoms with E-state index >= 15 is 0 Å². The number of amides is 2. The van der Waals surface area contributed by atoms with Gasteiger partial charge in [-0.15, -0.1) is 0 Å². The summed E-state index contributed by atoms with van der Waals surface area (Å²) in [5.74, 6) is -0.700. The highest BCUT2D eigenvalue weighted by atomic mass is 79.9. The third-order valence-corrected chi connectivity index (χ3v) is 10.8. The lowest BCUT2D eigenvalue weighted by atomic mass is 10.0. The van der Waals surface area contributed by atoms with Crippen LogP contribution < -0.4 is 9.62 Å². The molecule has 240 valence electrons. The topological polar surface area (TPSA) is 86.8 Å². The second kappa shape index (κ2) is 15.1. The Labute approximate surface area is 280 Å². The van der Waals surface area contributed by atoms with E-state index < -0.39 is 28.5 Å². The van der Waals surface area contributed by atoms with Crippen molar-refractivity contribution in [2.45, 2.75) is 69.5 Å². The summed E-state index contributed by atoms with van der Waals surface area (Å²) in [7, 11) is -4.14. The molecule has 4 aromatic rings. The maximum atomic E-state index is 14.6. The van der Waals surface area contributed by atoms with Crippen LogP contribution in [0, 0.1) is 13.8 Å². The third kappa shape index (κ3) is 8.44. The molecule has 0 radical (unpaired) electrons. The normalized spacial score (nSPS) is 14.1. The van der Waals surface area contributed by atoms with Crippen LogP contribution in [0.4, 0.5) is 5.69 Å².